The molecule has 0 radical (unpaired) electrons. The lowest BCUT2D eigenvalue weighted by Gasteiger charge is -2.04. The quantitative estimate of drug-likeness (QED) is 0.605. The van der Waals surface area contributed by atoms with Crippen LogP contribution < -0.4 is 0 Å². The zero-order chi connectivity index (χ0) is 14.8. The highest BCUT2D eigenvalue weighted by Crippen LogP contribution is 2.30. The van der Waals surface area contributed by atoms with Crippen molar-refractivity contribution in [2.24, 2.45) is 0 Å². The first-order chi connectivity index (χ1) is 10.1. The summed E-state index contributed by atoms with van der Waals surface area (Å²) in [7, 11) is 0. The van der Waals surface area contributed by atoms with Gasteiger partial charge in [-0.05, 0) is 36.2 Å². The summed E-state index contributed by atoms with van der Waals surface area (Å²) in [6.07, 6.45) is 0. The van der Waals surface area contributed by atoms with Gasteiger partial charge in [0.25, 0.3) is 0 Å². The lowest BCUT2D eigenvalue weighted by Crippen LogP contribution is -1.92. The molecule has 0 amide bonds. The zero-order valence-electron chi connectivity index (χ0n) is 11.3. The highest BCUT2D eigenvalue weighted by molar-refractivity contribution is 9.10. The molecule has 21 heavy (non-hydrogen) atoms. The summed E-state index contributed by atoms with van der Waals surface area (Å²) in [5, 5.41) is 7.71. The summed E-state index contributed by atoms with van der Waals surface area (Å²) in [5.41, 5.74) is 2.92. The molecular weight excluding hydrogens is 352 g/mol. The first-order valence-corrected chi connectivity index (χ1v) is 7.67. The minimum absolute atomic E-state index is 0.401. The summed E-state index contributed by atoms with van der Waals surface area (Å²) >= 11 is 9.86. The van der Waals surface area contributed by atoms with Crippen molar-refractivity contribution in [2.45, 2.75) is 12.3 Å². The first kappa shape index (κ1) is 14.3. The van der Waals surface area contributed by atoms with Crippen molar-refractivity contribution in [1.29, 1.82) is 0 Å². The Morgan fingerprint density at radius 3 is 2.57 bits per heavy atom. The SMILES string of the molecule is Cc1cc(-c2nnc(C(Cl)c3ccccc3)o2)ccc1Br. The average molecular weight is 364 g/mol. The topological polar surface area (TPSA) is 38.9 Å². The highest BCUT2D eigenvalue weighted by Gasteiger charge is 2.18. The second kappa shape index (κ2) is 6.00. The fourth-order valence-electron chi connectivity index (χ4n) is 2.00. The Morgan fingerprint density at radius 1 is 1.10 bits per heavy atom. The number of aryl methyl sites for hydroxylation is 1. The summed E-state index contributed by atoms with van der Waals surface area (Å²) < 4.78 is 6.76. The Kier molecular flexibility index (Phi) is 4.08. The van der Waals surface area contributed by atoms with Crippen LogP contribution in [0.25, 0.3) is 11.5 Å². The second-order valence-corrected chi connectivity index (χ2v) is 5.97. The van der Waals surface area contributed by atoms with Gasteiger partial charge in [0, 0.05) is 10.0 Å². The van der Waals surface area contributed by atoms with E-state index in [2.05, 4.69) is 26.1 Å². The van der Waals surface area contributed by atoms with Gasteiger partial charge in [0.2, 0.25) is 11.8 Å². The van der Waals surface area contributed by atoms with Crippen LogP contribution in [-0.4, -0.2) is 10.2 Å². The lowest BCUT2D eigenvalue weighted by atomic mass is 10.1. The van der Waals surface area contributed by atoms with E-state index >= 15 is 0 Å². The number of nitrogens with zero attached hydrogens (tertiary/aromatic N) is 2. The van der Waals surface area contributed by atoms with E-state index in [0.29, 0.717) is 11.8 Å². The maximum atomic E-state index is 6.39. The summed E-state index contributed by atoms with van der Waals surface area (Å²) in [6, 6.07) is 15.6. The monoisotopic (exact) mass is 362 g/mol. The molecule has 5 heteroatoms. The van der Waals surface area contributed by atoms with Gasteiger partial charge in [-0.1, -0.05) is 46.3 Å². The van der Waals surface area contributed by atoms with Gasteiger partial charge >= 0.3 is 0 Å². The van der Waals surface area contributed by atoms with Crippen molar-refractivity contribution >= 4 is 27.5 Å². The summed E-state index contributed by atoms with van der Waals surface area (Å²) in [6.45, 7) is 2.01. The van der Waals surface area contributed by atoms with Crippen LogP contribution in [0.5, 0.6) is 0 Å². The van der Waals surface area contributed by atoms with Crippen LogP contribution >= 0.6 is 27.5 Å². The van der Waals surface area contributed by atoms with E-state index in [4.69, 9.17) is 16.0 Å². The van der Waals surface area contributed by atoms with Crippen LogP contribution in [0, 0.1) is 6.92 Å². The molecule has 1 unspecified atom stereocenters. The van der Waals surface area contributed by atoms with Crippen LogP contribution in [-0.2, 0) is 0 Å². The van der Waals surface area contributed by atoms with Gasteiger partial charge in [0.1, 0.15) is 5.38 Å². The standard InChI is InChI=1S/C16H12BrClN2O/c1-10-9-12(7-8-13(10)17)15-19-20-16(21-15)14(18)11-5-3-2-4-6-11/h2-9,14H,1H3. The third-order valence-electron chi connectivity index (χ3n) is 3.15. The van der Waals surface area contributed by atoms with Gasteiger partial charge in [0.05, 0.1) is 0 Å². The second-order valence-electron chi connectivity index (χ2n) is 4.68. The van der Waals surface area contributed by atoms with Crippen molar-refractivity contribution in [3.8, 4) is 11.5 Å². The summed E-state index contributed by atoms with van der Waals surface area (Å²) in [4.78, 5) is 0. The Balaban J connectivity index is 1.91. The number of halogens is 2. The van der Waals surface area contributed by atoms with E-state index in [9.17, 15) is 0 Å². The number of alkyl halides is 1. The molecular formula is C16H12BrClN2O. The van der Waals surface area contributed by atoms with Crippen molar-refractivity contribution < 1.29 is 4.42 Å². The molecule has 0 spiro atoms. The average Bonchev–Trinajstić information content (AvgIpc) is 3.00. The molecule has 0 N–H and O–H groups in total. The molecule has 0 aliphatic rings. The van der Waals surface area contributed by atoms with Crippen molar-refractivity contribution in [2.75, 3.05) is 0 Å². The Morgan fingerprint density at radius 2 is 1.86 bits per heavy atom. The van der Waals surface area contributed by atoms with Gasteiger partial charge in [-0.25, -0.2) is 0 Å². The zero-order valence-corrected chi connectivity index (χ0v) is 13.6. The third kappa shape index (κ3) is 3.01. The fourth-order valence-corrected chi connectivity index (χ4v) is 2.48. The molecule has 3 nitrogen and oxygen atoms in total. The fraction of sp³-hybridized carbons (Fsp3) is 0.125. The van der Waals surface area contributed by atoms with Crippen LogP contribution in [0.4, 0.5) is 0 Å². The summed E-state index contributed by atoms with van der Waals surface area (Å²) in [5.74, 6) is 0.876. The van der Waals surface area contributed by atoms with Crippen LogP contribution in [0.15, 0.2) is 57.4 Å². The van der Waals surface area contributed by atoms with Gasteiger partial charge in [-0.15, -0.1) is 21.8 Å². The third-order valence-corrected chi connectivity index (χ3v) is 4.48. The number of aromatic nitrogens is 2. The molecule has 3 aromatic rings. The van der Waals surface area contributed by atoms with Gasteiger partial charge in [-0.2, -0.15) is 0 Å². The van der Waals surface area contributed by atoms with Gasteiger partial charge in [-0.3, -0.25) is 0 Å². The number of hydrogen-bond donors (Lipinski definition) is 0. The van der Waals surface area contributed by atoms with Crippen LogP contribution in [0.3, 0.4) is 0 Å². The van der Waals surface area contributed by atoms with E-state index in [1.807, 2.05) is 55.5 Å². The van der Waals surface area contributed by atoms with E-state index in [-0.39, 0.29) is 0 Å². The predicted molar refractivity (Wildman–Crippen MR) is 86.3 cm³/mol. The first-order valence-electron chi connectivity index (χ1n) is 6.44. The number of rotatable bonds is 3. The Labute approximate surface area is 136 Å². The van der Waals surface area contributed by atoms with Crippen molar-refractivity contribution in [1.82, 2.24) is 10.2 Å². The van der Waals surface area contributed by atoms with E-state index in [1.165, 1.54) is 0 Å². The molecule has 3 rings (SSSR count). The smallest absolute Gasteiger partial charge is 0.247 e. The molecule has 1 heterocycles. The molecule has 0 saturated carbocycles. The number of hydrogen-bond acceptors (Lipinski definition) is 3. The molecule has 0 aliphatic carbocycles. The minimum atomic E-state index is -0.441. The molecule has 1 atom stereocenters. The maximum absolute atomic E-state index is 6.39. The van der Waals surface area contributed by atoms with Crippen molar-refractivity contribution in [3.05, 3.63) is 70.0 Å². The van der Waals surface area contributed by atoms with E-state index in [1.54, 1.807) is 0 Å². The molecule has 2 aromatic carbocycles. The number of benzene rings is 2. The maximum Gasteiger partial charge on any atom is 0.247 e. The van der Waals surface area contributed by atoms with E-state index < -0.39 is 5.38 Å². The predicted octanol–water partition coefficient (Wildman–Crippen LogP) is 5.14. The minimum Gasteiger partial charge on any atom is -0.419 e. The largest absolute Gasteiger partial charge is 0.419 e. The van der Waals surface area contributed by atoms with Crippen molar-refractivity contribution in [3.63, 3.8) is 0 Å². The Hall–Kier alpha value is -1.65. The normalized spacial score (nSPS) is 12.3. The molecule has 0 aliphatic heterocycles. The molecule has 1 aromatic heterocycles. The molecule has 0 fully saturated rings. The van der Waals surface area contributed by atoms with Crippen LogP contribution in [0.1, 0.15) is 22.4 Å². The Bertz CT molecular complexity index is 758. The van der Waals surface area contributed by atoms with Gasteiger partial charge < -0.3 is 4.42 Å². The lowest BCUT2D eigenvalue weighted by molar-refractivity contribution is 0.513. The highest BCUT2D eigenvalue weighted by atomic mass is 79.9. The molecule has 106 valence electrons. The van der Waals surface area contributed by atoms with Gasteiger partial charge in [0.15, 0.2) is 0 Å². The molecule has 0 saturated heterocycles. The van der Waals surface area contributed by atoms with E-state index in [0.717, 1.165) is 21.2 Å². The van der Waals surface area contributed by atoms with Crippen LogP contribution in [0.2, 0.25) is 0 Å². The molecule has 0 bridgehead atoms.